The van der Waals surface area contributed by atoms with Gasteiger partial charge in [-0.15, -0.1) is 0 Å². The molecule has 108 valence electrons. The fraction of sp³-hybridized carbons (Fsp3) is 0.308. The van der Waals surface area contributed by atoms with Gasteiger partial charge in [0.1, 0.15) is 5.75 Å². The van der Waals surface area contributed by atoms with Crippen molar-refractivity contribution in [2.75, 3.05) is 19.7 Å². The topological polar surface area (TPSA) is 83.9 Å². The van der Waals surface area contributed by atoms with Crippen LogP contribution < -0.4 is 4.74 Å². The van der Waals surface area contributed by atoms with Gasteiger partial charge in [0.15, 0.2) is 6.61 Å². The third-order valence-electron chi connectivity index (χ3n) is 2.84. The average molecular weight is 297 g/mol. The van der Waals surface area contributed by atoms with Crippen LogP contribution in [0.15, 0.2) is 41.3 Å². The van der Waals surface area contributed by atoms with Crippen molar-refractivity contribution in [1.82, 2.24) is 4.31 Å². The Kier molecular flexibility index (Phi) is 4.41. The van der Waals surface area contributed by atoms with Crippen molar-refractivity contribution < 1.29 is 23.1 Å². The predicted octanol–water partition coefficient (Wildman–Crippen LogP) is 1.10. The second kappa shape index (κ2) is 6.06. The van der Waals surface area contributed by atoms with E-state index in [1.165, 1.54) is 28.6 Å². The first kappa shape index (κ1) is 14.5. The van der Waals surface area contributed by atoms with Gasteiger partial charge in [0.25, 0.3) is 0 Å². The third kappa shape index (κ3) is 3.37. The van der Waals surface area contributed by atoms with E-state index in [1.807, 2.05) is 12.2 Å². The molecule has 1 heterocycles. The molecule has 1 N–H and O–H groups in total. The summed E-state index contributed by atoms with van der Waals surface area (Å²) in [5.41, 5.74) is 0. The average Bonchev–Trinajstić information content (AvgIpc) is 2.46. The molecule has 0 amide bonds. The van der Waals surface area contributed by atoms with Gasteiger partial charge in [-0.05, 0) is 30.7 Å². The standard InChI is InChI=1S/C13H15NO5S/c15-13(16)10-19-11-4-6-12(7-5-11)20(17,18)14-8-2-1-3-9-14/h1-2,4-7H,3,8-10H2,(H,15,16). The number of nitrogens with zero attached hydrogens (tertiary/aromatic N) is 1. The molecule has 1 aromatic rings. The number of carboxylic acids is 1. The van der Waals surface area contributed by atoms with Crippen LogP contribution >= 0.6 is 0 Å². The second-order valence-electron chi connectivity index (χ2n) is 4.28. The Hall–Kier alpha value is -1.86. The molecule has 7 heteroatoms. The van der Waals surface area contributed by atoms with Crippen LogP contribution in [0.2, 0.25) is 0 Å². The van der Waals surface area contributed by atoms with Crippen molar-refractivity contribution in [2.24, 2.45) is 0 Å². The molecule has 6 nitrogen and oxygen atoms in total. The van der Waals surface area contributed by atoms with E-state index in [1.54, 1.807) is 0 Å². The molecular weight excluding hydrogens is 282 g/mol. The molecule has 2 rings (SSSR count). The summed E-state index contributed by atoms with van der Waals surface area (Å²) < 4.78 is 31.0. The summed E-state index contributed by atoms with van der Waals surface area (Å²) in [6.07, 6.45) is 4.49. The first-order valence-corrected chi connectivity index (χ1v) is 7.54. The van der Waals surface area contributed by atoms with E-state index in [2.05, 4.69) is 0 Å². The van der Waals surface area contributed by atoms with Gasteiger partial charge in [0.2, 0.25) is 10.0 Å². The van der Waals surface area contributed by atoms with Crippen molar-refractivity contribution in [3.8, 4) is 5.75 Å². The van der Waals surface area contributed by atoms with Gasteiger partial charge in [-0.3, -0.25) is 0 Å². The van der Waals surface area contributed by atoms with Gasteiger partial charge in [0.05, 0.1) is 4.90 Å². The minimum absolute atomic E-state index is 0.176. The van der Waals surface area contributed by atoms with Gasteiger partial charge in [0, 0.05) is 13.1 Å². The van der Waals surface area contributed by atoms with Crippen LogP contribution in [-0.4, -0.2) is 43.5 Å². The normalized spacial score (nSPS) is 16.0. The van der Waals surface area contributed by atoms with Crippen LogP contribution in [0.4, 0.5) is 0 Å². The maximum absolute atomic E-state index is 12.3. The van der Waals surface area contributed by atoms with Crippen molar-refractivity contribution in [2.45, 2.75) is 11.3 Å². The van der Waals surface area contributed by atoms with Crippen molar-refractivity contribution >= 4 is 16.0 Å². The highest BCUT2D eigenvalue weighted by Crippen LogP contribution is 2.21. The Morgan fingerprint density at radius 2 is 1.95 bits per heavy atom. The number of sulfonamides is 1. The largest absolute Gasteiger partial charge is 0.482 e. The van der Waals surface area contributed by atoms with Crippen LogP contribution in [0.25, 0.3) is 0 Å². The number of rotatable bonds is 5. The van der Waals surface area contributed by atoms with Gasteiger partial charge in [-0.2, -0.15) is 4.31 Å². The number of aliphatic carboxylic acids is 1. The summed E-state index contributed by atoms with van der Waals surface area (Å²) >= 11 is 0. The van der Waals surface area contributed by atoms with E-state index >= 15 is 0 Å². The molecule has 20 heavy (non-hydrogen) atoms. The minimum Gasteiger partial charge on any atom is -0.482 e. The lowest BCUT2D eigenvalue weighted by Crippen LogP contribution is -2.33. The number of benzene rings is 1. The van der Waals surface area contributed by atoms with Gasteiger partial charge < -0.3 is 9.84 Å². The molecule has 0 spiro atoms. The number of carboxylic acid groups (broad SMARTS) is 1. The molecule has 0 saturated carbocycles. The number of ether oxygens (including phenoxy) is 1. The zero-order chi connectivity index (χ0) is 14.6. The summed E-state index contributed by atoms with van der Waals surface area (Å²) in [7, 11) is -3.50. The molecule has 0 bridgehead atoms. The number of carbonyl (C=O) groups is 1. The minimum atomic E-state index is -3.50. The first-order valence-electron chi connectivity index (χ1n) is 6.10. The predicted molar refractivity (Wildman–Crippen MR) is 72.1 cm³/mol. The molecule has 0 aromatic heterocycles. The van der Waals surface area contributed by atoms with Gasteiger partial charge in [-0.25, -0.2) is 13.2 Å². The SMILES string of the molecule is O=C(O)COc1ccc(S(=O)(=O)N2CC=CCC2)cc1. The highest BCUT2D eigenvalue weighted by atomic mass is 32.2. The fourth-order valence-electron chi connectivity index (χ4n) is 1.84. The smallest absolute Gasteiger partial charge is 0.341 e. The molecule has 0 saturated heterocycles. The third-order valence-corrected chi connectivity index (χ3v) is 4.72. The van der Waals surface area contributed by atoms with Crippen LogP contribution in [-0.2, 0) is 14.8 Å². The summed E-state index contributed by atoms with van der Waals surface area (Å²) in [5, 5.41) is 8.49. The number of hydrogen-bond acceptors (Lipinski definition) is 4. The van der Waals surface area contributed by atoms with Crippen molar-refractivity contribution in [1.29, 1.82) is 0 Å². The Bertz CT molecular complexity index is 606. The van der Waals surface area contributed by atoms with E-state index in [0.717, 1.165) is 0 Å². The maximum Gasteiger partial charge on any atom is 0.341 e. The van der Waals surface area contributed by atoms with Crippen LogP contribution in [0.3, 0.4) is 0 Å². The van der Waals surface area contributed by atoms with Crippen molar-refractivity contribution in [3.05, 3.63) is 36.4 Å². The number of hydrogen-bond donors (Lipinski definition) is 1. The maximum atomic E-state index is 12.3. The molecule has 0 radical (unpaired) electrons. The quantitative estimate of drug-likeness (QED) is 0.823. The molecular formula is C13H15NO5S. The lowest BCUT2D eigenvalue weighted by Gasteiger charge is -2.22. The van der Waals surface area contributed by atoms with E-state index < -0.39 is 22.6 Å². The van der Waals surface area contributed by atoms with Crippen molar-refractivity contribution in [3.63, 3.8) is 0 Å². The summed E-state index contributed by atoms with van der Waals surface area (Å²) in [6.45, 7) is 0.388. The first-order chi connectivity index (χ1) is 9.50. The van der Waals surface area contributed by atoms with Crippen LogP contribution in [0.5, 0.6) is 5.75 Å². The zero-order valence-corrected chi connectivity index (χ0v) is 11.5. The molecule has 1 aliphatic rings. The van der Waals surface area contributed by atoms with E-state index in [4.69, 9.17) is 9.84 Å². The monoisotopic (exact) mass is 297 g/mol. The lowest BCUT2D eigenvalue weighted by molar-refractivity contribution is -0.139. The molecule has 0 fully saturated rings. The van der Waals surface area contributed by atoms with Crippen LogP contribution in [0.1, 0.15) is 6.42 Å². The van der Waals surface area contributed by atoms with E-state index in [9.17, 15) is 13.2 Å². The Morgan fingerprint density at radius 1 is 1.25 bits per heavy atom. The van der Waals surface area contributed by atoms with E-state index in [-0.39, 0.29) is 4.90 Å². The zero-order valence-electron chi connectivity index (χ0n) is 10.7. The van der Waals surface area contributed by atoms with Gasteiger partial charge >= 0.3 is 5.97 Å². The second-order valence-corrected chi connectivity index (χ2v) is 6.21. The lowest BCUT2D eigenvalue weighted by atomic mass is 10.3. The fourth-order valence-corrected chi connectivity index (χ4v) is 3.25. The highest BCUT2D eigenvalue weighted by molar-refractivity contribution is 7.89. The Labute approximate surface area is 117 Å². The molecule has 0 aliphatic carbocycles. The Balaban J connectivity index is 2.12. The molecule has 0 unspecified atom stereocenters. The van der Waals surface area contributed by atoms with E-state index in [0.29, 0.717) is 25.3 Å². The summed E-state index contributed by atoms with van der Waals surface area (Å²) in [5.74, 6) is -0.758. The summed E-state index contributed by atoms with van der Waals surface area (Å²) in [6, 6.07) is 5.75. The van der Waals surface area contributed by atoms with Gasteiger partial charge in [-0.1, -0.05) is 12.2 Å². The molecule has 0 atom stereocenters. The Morgan fingerprint density at radius 3 is 2.50 bits per heavy atom. The van der Waals surface area contributed by atoms with Crippen LogP contribution in [0, 0.1) is 0 Å². The summed E-state index contributed by atoms with van der Waals surface area (Å²) in [4.78, 5) is 10.5. The molecule has 1 aliphatic heterocycles. The highest BCUT2D eigenvalue weighted by Gasteiger charge is 2.24. The molecule has 1 aromatic carbocycles.